The molecule has 0 saturated heterocycles. The van der Waals surface area contributed by atoms with Crippen LogP contribution >= 0.6 is 0 Å². The first-order valence-electron chi connectivity index (χ1n) is 16.0. The van der Waals surface area contributed by atoms with Crippen molar-refractivity contribution in [2.45, 2.75) is 33.4 Å². The highest BCUT2D eigenvalue weighted by Crippen LogP contribution is 2.37. The summed E-state index contributed by atoms with van der Waals surface area (Å²) in [5.41, 5.74) is 16.6. The molecular formula is C34H28N6O14S4. The van der Waals surface area contributed by atoms with Crippen molar-refractivity contribution >= 4 is 98.4 Å². The highest BCUT2D eigenvalue weighted by atomic mass is 32.2. The molecule has 24 heteroatoms. The van der Waals surface area contributed by atoms with Crippen molar-refractivity contribution < 1.29 is 61.5 Å². The highest BCUT2D eigenvalue weighted by Gasteiger charge is 2.34. The molecule has 4 aromatic rings. The molecule has 0 amide bonds. The number of nitrogen functional groups attached to an aromatic ring is 2. The minimum atomic E-state index is -5.12. The Balaban J connectivity index is 1.23. The summed E-state index contributed by atoms with van der Waals surface area (Å²) in [4.78, 5) is 22.6. The fourth-order valence-electron chi connectivity index (χ4n) is 6.09. The molecule has 0 aromatic heterocycles. The maximum absolute atomic E-state index is 13.4. The lowest BCUT2D eigenvalue weighted by Gasteiger charge is -2.18. The van der Waals surface area contributed by atoms with Gasteiger partial charge in [0, 0.05) is 11.1 Å². The molecule has 0 spiro atoms. The Morgan fingerprint density at radius 2 is 0.828 bits per heavy atom. The van der Waals surface area contributed by atoms with Crippen LogP contribution in [0.15, 0.2) is 90.5 Å². The first kappa shape index (κ1) is 41.5. The summed E-state index contributed by atoms with van der Waals surface area (Å²) in [5, 5.41) is 8.15. The number of ketones is 2. The van der Waals surface area contributed by atoms with Gasteiger partial charge in [-0.05, 0) is 84.7 Å². The van der Waals surface area contributed by atoms with E-state index >= 15 is 0 Å². The number of hydrogen-bond donors (Lipinski definition) is 8. The number of benzene rings is 4. The molecule has 0 heterocycles. The molecule has 6 rings (SSSR count). The van der Waals surface area contributed by atoms with Crippen molar-refractivity contribution in [3.05, 3.63) is 94.1 Å². The third kappa shape index (κ3) is 7.77. The Morgan fingerprint density at radius 3 is 1.12 bits per heavy atom. The maximum Gasteiger partial charge on any atom is 0.296 e. The second-order valence-electron chi connectivity index (χ2n) is 12.7. The number of carbonyl (C=O) groups excluding carboxylic acids is 2. The Bertz CT molecular complexity index is 2930. The van der Waals surface area contributed by atoms with E-state index in [0.717, 1.165) is 35.4 Å². The molecule has 0 radical (unpaired) electrons. The summed E-state index contributed by atoms with van der Waals surface area (Å²) in [5.74, 6) is -2.01. The van der Waals surface area contributed by atoms with Gasteiger partial charge < -0.3 is 11.5 Å². The lowest BCUT2D eigenvalue weighted by molar-refractivity contribution is 0.105. The predicted molar refractivity (Wildman–Crippen MR) is 211 cm³/mol. The normalized spacial score (nSPS) is 15.8. The summed E-state index contributed by atoms with van der Waals surface area (Å²) >= 11 is 0. The van der Waals surface area contributed by atoms with Crippen molar-refractivity contribution in [3.63, 3.8) is 0 Å². The Morgan fingerprint density at radius 1 is 0.500 bits per heavy atom. The van der Waals surface area contributed by atoms with Crippen LogP contribution in [0, 0.1) is 13.8 Å². The van der Waals surface area contributed by atoms with Gasteiger partial charge in [0.05, 0.1) is 33.9 Å². The van der Waals surface area contributed by atoms with Gasteiger partial charge in [-0.1, -0.05) is 24.3 Å². The van der Waals surface area contributed by atoms with E-state index < -0.39 is 105 Å². The molecule has 4 aromatic carbocycles. The van der Waals surface area contributed by atoms with Gasteiger partial charge in [0.1, 0.15) is 31.0 Å². The largest absolute Gasteiger partial charge is 0.397 e. The molecule has 2 aliphatic carbocycles. The van der Waals surface area contributed by atoms with Crippen LogP contribution in [0.5, 0.6) is 0 Å². The van der Waals surface area contributed by atoms with E-state index in [4.69, 9.17) is 11.5 Å². The molecule has 2 aliphatic rings. The van der Waals surface area contributed by atoms with Gasteiger partial charge in [0.2, 0.25) is 11.6 Å². The third-order valence-corrected chi connectivity index (χ3v) is 12.5. The highest BCUT2D eigenvalue weighted by molar-refractivity contribution is 7.87. The monoisotopic (exact) mass is 872 g/mol. The predicted octanol–water partition coefficient (Wildman–Crippen LogP) is 3.48. The number of allylic oxidation sites excluding steroid dienone is 2. The van der Waals surface area contributed by atoms with Crippen LogP contribution in [0.2, 0.25) is 0 Å². The van der Waals surface area contributed by atoms with E-state index in [1.807, 2.05) is 0 Å². The number of nitrogens with two attached hydrogens (primary N) is 2. The lowest BCUT2D eigenvalue weighted by atomic mass is 9.93. The first-order valence-corrected chi connectivity index (χ1v) is 21.7. The number of hydrazone groups is 2. The molecule has 0 aliphatic heterocycles. The fraction of sp³-hybridized carbons (Fsp3) is 0.0588. The van der Waals surface area contributed by atoms with Gasteiger partial charge >= 0.3 is 0 Å². The van der Waals surface area contributed by atoms with Crippen LogP contribution in [0.3, 0.4) is 0 Å². The van der Waals surface area contributed by atoms with Crippen LogP contribution in [-0.2, 0) is 40.5 Å². The average Bonchev–Trinajstić information content (AvgIpc) is 3.09. The molecule has 58 heavy (non-hydrogen) atoms. The van der Waals surface area contributed by atoms with Crippen LogP contribution in [0.25, 0.3) is 23.3 Å². The lowest BCUT2D eigenvalue weighted by Crippen LogP contribution is -2.23. The van der Waals surface area contributed by atoms with E-state index in [2.05, 4.69) is 21.1 Å². The number of Topliss-reactive ketones (excluding diaryl/α,β-unsaturated/α-hetero) is 2. The molecule has 20 nitrogen and oxygen atoms in total. The smallest absolute Gasteiger partial charge is 0.296 e. The zero-order chi connectivity index (χ0) is 42.9. The van der Waals surface area contributed by atoms with Gasteiger partial charge in [-0.3, -0.25) is 38.7 Å². The number of rotatable bonds is 9. The number of nitrogens with one attached hydrogen (secondary N) is 2. The zero-order valence-electron chi connectivity index (χ0n) is 29.5. The number of nitrogens with zero attached hydrogens (tertiary/aromatic N) is 2. The van der Waals surface area contributed by atoms with E-state index in [9.17, 15) is 61.5 Å². The second-order valence-corrected chi connectivity index (χ2v) is 18.2. The van der Waals surface area contributed by atoms with E-state index in [-0.39, 0.29) is 11.4 Å². The minimum absolute atomic E-state index is 0.317. The summed E-state index contributed by atoms with van der Waals surface area (Å²) in [6, 6.07) is 11.2. The van der Waals surface area contributed by atoms with Crippen molar-refractivity contribution in [1.29, 1.82) is 0 Å². The van der Waals surface area contributed by atoms with Crippen LogP contribution in [0.4, 0.5) is 22.7 Å². The number of fused-ring (bicyclic) bond motifs is 2. The van der Waals surface area contributed by atoms with Crippen LogP contribution in [0.1, 0.15) is 43.0 Å². The quantitative estimate of drug-likeness (QED) is 0.0678. The van der Waals surface area contributed by atoms with Crippen molar-refractivity contribution in [2.24, 2.45) is 10.2 Å². The van der Waals surface area contributed by atoms with E-state index in [1.54, 1.807) is 50.2 Å². The molecule has 0 unspecified atom stereocenters. The number of anilines is 4. The van der Waals surface area contributed by atoms with Crippen molar-refractivity contribution in [3.8, 4) is 11.1 Å². The molecular weight excluding hydrogens is 845 g/mol. The summed E-state index contributed by atoms with van der Waals surface area (Å²) in [7, 11) is -20.4. The summed E-state index contributed by atoms with van der Waals surface area (Å²) in [6.45, 7) is 3.45. The molecule has 0 fully saturated rings. The van der Waals surface area contributed by atoms with Crippen molar-refractivity contribution in [1.82, 2.24) is 0 Å². The van der Waals surface area contributed by atoms with Gasteiger partial charge in [-0.25, -0.2) is 0 Å². The number of aryl methyl sites for hydroxylation is 2. The summed E-state index contributed by atoms with van der Waals surface area (Å²) < 4.78 is 134. The summed E-state index contributed by atoms with van der Waals surface area (Å²) in [6.07, 6.45) is 4.44. The maximum atomic E-state index is 13.4. The van der Waals surface area contributed by atoms with Crippen LogP contribution in [-0.4, -0.2) is 74.9 Å². The van der Waals surface area contributed by atoms with Gasteiger partial charge in [-0.15, -0.1) is 0 Å². The van der Waals surface area contributed by atoms with E-state index in [0.29, 0.717) is 34.6 Å². The van der Waals surface area contributed by atoms with Gasteiger partial charge in [-0.2, -0.15) is 43.9 Å². The Hall–Kier alpha value is -6.12. The van der Waals surface area contributed by atoms with Crippen LogP contribution < -0.4 is 22.3 Å². The van der Waals surface area contributed by atoms with Gasteiger partial charge in [0.25, 0.3) is 40.5 Å². The molecule has 0 bridgehead atoms. The van der Waals surface area contributed by atoms with Gasteiger partial charge in [0.15, 0.2) is 0 Å². The molecule has 0 atom stereocenters. The average molecular weight is 873 g/mol. The zero-order valence-corrected chi connectivity index (χ0v) is 32.7. The first-order chi connectivity index (χ1) is 26.8. The molecule has 0 saturated carbocycles. The standard InChI is InChI=1S/C34H28N6O14S4/c1-15-11-17(3-7-21(15)37-39-23-9-5-19-25(55(43,44)45)13-27(57(49,50)51)31(35)29(19)33(23)41)18-4-8-22(16(2)12-18)38-40-24-10-6-20-26(56(46,47)48)14-28(58(52,53)54)32(36)30(20)34(24)42/h3-14,37-38H,35-36H2,1-2H3,(H,43,44,45)(H,46,47,48)(H,49,50,51)(H,52,53,54)/b39-23-,40-24-. The Labute approximate surface area is 329 Å². The number of hydrogen-bond acceptors (Lipinski definition) is 16. The second kappa shape index (κ2) is 14.4. The molecule has 10 N–H and O–H groups in total. The van der Waals surface area contributed by atoms with Crippen molar-refractivity contribution in [2.75, 3.05) is 22.3 Å². The fourth-order valence-corrected chi connectivity index (χ4v) is 8.96. The SMILES string of the molecule is Cc1cc(-c2ccc(N/N=C3/C=Cc4c(S(=O)(=O)O)cc(S(=O)(=O)O)c(N)c4C3=O)c(C)c2)ccc1N/N=C1/C=Cc2c(S(=O)(=O)O)cc(S(=O)(=O)O)c(N)c2C1=O. The Kier molecular flexibility index (Phi) is 10.3. The topological polar surface area (TPSA) is 352 Å². The van der Waals surface area contributed by atoms with E-state index in [1.165, 1.54) is 0 Å². The minimum Gasteiger partial charge on any atom is -0.397 e. The number of carbonyl (C=O) groups is 2. The molecule has 302 valence electrons. The third-order valence-electron chi connectivity index (χ3n) is 8.89.